The lowest BCUT2D eigenvalue weighted by Gasteiger charge is -2.29. The van der Waals surface area contributed by atoms with E-state index in [1.54, 1.807) is 57.2 Å². The number of aliphatic hydroxyl groups is 1. The number of hydrogen-bond acceptors (Lipinski definition) is 8. The molecular formula is C30H33ClN2O9S. The Morgan fingerprint density at radius 2 is 1.65 bits per heavy atom. The number of carboxylic acid groups (broad SMARTS) is 1. The topological polar surface area (TPSA) is 160 Å². The Hall–Kier alpha value is -4.13. The first-order valence-corrected chi connectivity index (χ1v) is 14.9. The number of methoxy groups -OCH3 is 1. The fourth-order valence-corrected chi connectivity index (χ4v) is 5.47. The highest BCUT2D eigenvalue weighted by molar-refractivity contribution is 7.91. The third-order valence-corrected chi connectivity index (χ3v) is 8.14. The fourth-order valence-electron chi connectivity index (χ4n) is 3.98. The number of carbonyl (C=O) groups excluding carboxylic acids is 2. The summed E-state index contributed by atoms with van der Waals surface area (Å²) >= 11 is 6.05. The number of nitrogens with one attached hydrogen (secondary N) is 1. The van der Waals surface area contributed by atoms with E-state index in [0.717, 1.165) is 13.2 Å². The Morgan fingerprint density at radius 1 is 1.00 bits per heavy atom. The predicted molar refractivity (Wildman–Crippen MR) is 159 cm³/mol. The molecule has 0 unspecified atom stereocenters. The van der Waals surface area contributed by atoms with Gasteiger partial charge in [-0.25, -0.2) is 22.8 Å². The number of carbonyl (C=O) groups is 3. The van der Waals surface area contributed by atoms with Crippen LogP contribution in [0.25, 0.3) is 0 Å². The van der Waals surface area contributed by atoms with Gasteiger partial charge in [0.1, 0.15) is 5.60 Å². The Kier molecular flexibility index (Phi) is 10.8. The Balaban J connectivity index is 1.79. The number of carboxylic acids is 1. The van der Waals surface area contributed by atoms with Gasteiger partial charge < -0.3 is 24.6 Å². The molecule has 0 saturated carbocycles. The largest absolute Gasteiger partial charge is 0.478 e. The Morgan fingerprint density at radius 3 is 2.23 bits per heavy atom. The summed E-state index contributed by atoms with van der Waals surface area (Å²) in [4.78, 5) is 37.2. The van der Waals surface area contributed by atoms with Crippen LogP contribution in [0.4, 0.5) is 15.3 Å². The van der Waals surface area contributed by atoms with Crippen LogP contribution in [-0.2, 0) is 25.7 Å². The van der Waals surface area contributed by atoms with Crippen LogP contribution < -0.4 is 5.32 Å². The zero-order valence-electron chi connectivity index (χ0n) is 24.0. The van der Waals surface area contributed by atoms with Crippen molar-refractivity contribution in [1.29, 1.82) is 0 Å². The predicted octanol–water partition coefficient (Wildman–Crippen LogP) is 5.56. The number of aromatic carboxylic acids is 1. The third kappa shape index (κ3) is 9.18. The van der Waals surface area contributed by atoms with Gasteiger partial charge in [-0.05, 0) is 80.8 Å². The van der Waals surface area contributed by atoms with E-state index < -0.39 is 45.3 Å². The molecule has 3 aromatic rings. The Labute approximate surface area is 254 Å². The normalized spacial score (nSPS) is 12.2. The molecular weight excluding hydrogens is 600 g/mol. The maximum Gasteiger partial charge on any atom is 0.411 e. The van der Waals surface area contributed by atoms with Gasteiger partial charge in [-0.2, -0.15) is 0 Å². The van der Waals surface area contributed by atoms with Gasteiger partial charge in [-0.15, -0.1) is 0 Å². The van der Waals surface area contributed by atoms with E-state index in [1.165, 1.54) is 29.2 Å². The number of anilines is 1. The molecule has 2 amide bonds. The van der Waals surface area contributed by atoms with Gasteiger partial charge in [-0.1, -0.05) is 35.9 Å². The minimum absolute atomic E-state index is 0.0611. The zero-order valence-corrected chi connectivity index (χ0v) is 25.6. The first-order valence-electron chi connectivity index (χ1n) is 13.1. The van der Waals surface area contributed by atoms with E-state index in [9.17, 15) is 33.0 Å². The number of amides is 2. The monoisotopic (exact) mass is 632 g/mol. The SMILES string of the molecule is COC(=O)Nc1ccc(S(=O)(=O)c2ccc(CCN(C[C@H](O)c3cccc(Cl)c3)C(=O)OC(C)(C)C)cc2)cc1C(=O)O. The highest BCUT2D eigenvalue weighted by Crippen LogP contribution is 2.27. The number of hydrogen-bond donors (Lipinski definition) is 3. The highest BCUT2D eigenvalue weighted by Gasteiger charge is 2.25. The van der Waals surface area contributed by atoms with Crippen LogP contribution in [0.3, 0.4) is 0 Å². The number of ether oxygens (including phenoxy) is 2. The lowest BCUT2D eigenvalue weighted by Crippen LogP contribution is -2.40. The van der Waals surface area contributed by atoms with E-state index in [1.807, 2.05) is 0 Å². The summed E-state index contributed by atoms with van der Waals surface area (Å²) in [6.07, 6.45) is -2.23. The molecule has 0 radical (unpaired) electrons. The van der Waals surface area contributed by atoms with E-state index in [2.05, 4.69) is 10.1 Å². The smallest absolute Gasteiger partial charge is 0.411 e. The molecule has 0 spiro atoms. The standard InChI is InChI=1S/C30H33ClN2O9S/c1-30(2,3)42-29(38)33(18-26(34)20-6-5-7-21(31)16-20)15-14-19-8-10-22(11-9-19)43(39,40)23-12-13-25(32-28(37)41-4)24(17-23)27(35)36/h5-13,16-17,26,34H,14-15,18H2,1-4H3,(H,32,37)(H,35,36)/t26-/m0/s1. The van der Waals surface area contributed by atoms with Crippen LogP contribution in [0, 0.1) is 0 Å². The maximum atomic E-state index is 13.3. The number of sulfone groups is 1. The van der Waals surface area contributed by atoms with Gasteiger partial charge in [0.2, 0.25) is 9.84 Å². The van der Waals surface area contributed by atoms with Crippen LogP contribution in [0.5, 0.6) is 0 Å². The van der Waals surface area contributed by atoms with Crippen molar-refractivity contribution in [1.82, 2.24) is 4.90 Å². The average Bonchev–Trinajstić information content (AvgIpc) is 2.94. The maximum absolute atomic E-state index is 13.3. The fraction of sp³-hybridized carbons (Fsp3) is 0.300. The zero-order chi connectivity index (χ0) is 31.9. The molecule has 0 aliphatic heterocycles. The molecule has 0 fully saturated rings. The second-order valence-corrected chi connectivity index (χ2v) is 12.9. The average molecular weight is 633 g/mol. The number of benzene rings is 3. The van der Waals surface area contributed by atoms with Crippen molar-refractivity contribution < 1.29 is 42.5 Å². The van der Waals surface area contributed by atoms with Gasteiger partial charge in [0.15, 0.2) is 0 Å². The number of rotatable bonds is 10. The molecule has 43 heavy (non-hydrogen) atoms. The molecule has 0 bridgehead atoms. The molecule has 0 aliphatic carbocycles. The van der Waals surface area contributed by atoms with Crippen molar-refractivity contribution in [2.45, 2.75) is 48.7 Å². The van der Waals surface area contributed by atoms with Gasteiger partial charge in [-0.3, -0.25) is 5.32 Å². The molecule has 0 saturated heterocycles. The van der Waals surface area contributed by atoms with Crippen molar-refractivity contribution in [3.63, 3.8) is 0 Å². The molecule has 0 heterocycles. The molecule has 13 heteroatoms. The summed E-state index contributed by atoms with van der Waals surface area (Å²) in [5.41, 5.74) is -0.0706. The van der Waals surface area contributed by atoms with Crippen molar-refractivity contribution in [3.8, 4) is 0 Å². The molecule has 11 nitrogen and oxygen atoms in total. The number of nitrogens with zero attached hydrogens (tertiary/aromatic N) is 1. The van der Waals surface area contributed by atoms with E-state index >= 15 is 0 Å². The first kappa shape index (κ1) is 33.4. The summed E-state index contributed by atoms with van der Waals surface area (Å²) < 4.78 is 36.5. The van der Waals surface area contributed by atoms with Crippen LogP contribution in [-0.4, -0.2) is 67.5 Å². The molecule has 3 aromatic carbocycles. The minimum atomic E-state index is -4.11. The van der Waals surface area contributed by atoms with Crippen molar-refractivity contribution in [3.05, 3.63) is 88.4 Å². The van der Waals surface area contributed by atoms with Gasteiger partial charge >= 0.3 is 18.2 Å². The second kappa shape index (κ2) is 13.9. The second-order valence-electron chi connectivity index (χ2n) is 10.5. The van der Waals surface area contributed by atoms with Crippen LogP contribution >= 0.6 is 11.6 Å². The summed E-state index contributed by atoms with van der Waals surface area (Å²) in [6.45, 7) is 5.30. The van der Waals surface area contributed by atoms with Crippen molar-refractivity contribution in [2.75, 3.05) is 25.5 Å². The van der Waals surface area contributed by atoms with E-state index in [-0.39, 0.29) is 28.6 Å². The van der Waals surface area contributed by atoms with Crippen LogP contribution in [0.1, 0.15) is 48.4 Å². The van der Waals surface area contributed by atoms with Gasteiger partial charge in [0, 0.05) is 11.6 Å². The molecule has 0 aliphatic rings. The lowest BCUT2D eigenvalue weighted by atomic mass is 10.1. The molecule has 3 N–H and O–H groups in total. The molecule has 1 atom stereocenters. The van der Waals surface area contributed by atoms with Gasteiger partial charge in [0.25, 0.3) is 0 Å². The molecule has 0 aromatic heterocycles. The van der Waals surface area contributed by atoms with Crippen LogP contribution in [0.15, 0.2) is 76.5 Å². The molecule has 230 valence electrons. The Bertz CT molecular complexity index is 1590. The van der Waals surface area contributed by atoms with Gasteiger partial charge in [0.05, 0.1) is 40.8 Å². The number of aliphatic hydroxyl groups excluding tert-OH is 1. The van der Waals surface area contributed by atoms with Crippen molar-refractivity contribution >= 4 is 45.3 Å². The van der Waals surface area contributed by atoms with Crippen molar-refractivity contribution in [2.24, 2.45) is 0 Å². The summed E-state index contributed by atoms with van der Waals surface area (Å²) in [7, 11) is -3.00. The summed E-state index contributed by atoms with van der Waals surface area (Å²) in [6, 6.07) is 15.9. The lowest BCUT2D eigenvalue weighted by molar-refractivity contribution is 0.0147. The van der Waals surface area contributed by atoms with E-state index in [4.69, 9.17) is 16.3 Å². The quantitative estimate of drug-likeness (QED) is 0.260. The van der Waals surface area contributed by atoms with Crippen LogP contribution in [0.2, 0.25) is 5.02 Å². The summed E-state index contributed by atoms with van der Waals surface area (Å²) in [5, 5.41) is 23.0. The minimum Gasteiger partial charge on any atom is -0.478 e. The number of halogens is 1. The third-order valence-electron chi connectivity index (χ3n) is 6.14. The first-order chi connectivity index (χ1) is 20.1. The summed E-state index contributed by atoms with van der Waals surface area (Å²) in [5.74, 6) is -1.44. The van der Waals surface area contributed by atoms with E-state index in [0.29, 0.717) is 22.6 Å². The molecule has 3 rings (SSSR count). The highest BCUT2D eigenvalue weighted by atomic mass is 35.5.